The summed E-state index contributed by atoms with van der Waals surface area (Å²) < 4.78 is 6.68. The second-order valence-electron chi connectivity index (χ2n) is 8.01. The zero-order chi connectivity index (χ0) is 21.4. The number of nitrogens with one attached hydrogen (secondary N) is 1. The molecule has 0 bridgehead atoms. The molecule has 1 fully saturated rings. The molecule has 160 valence electrons. The Kier molecular flexibility index (Phi) is 4.97. The molecule has 3 aromatic rings. The average molecular weight is 421 g/mol. The molecule has 10 heteroatoms. The van der Waals surface area contributed by atoms with Crippen LogP contribution in [0.4, 0.5) is 0 Å². The minimum atomic E-state index is -0.326. The van der Waals surface area contributed by atoms with Gasteiger partial charge in [-0.3, -0.25) is 9.59 Å². The lowest BCUT2D eigenvalue weighted by atomic mass is 10.1. The fraction of sp³-hybridized carbons (Fsp3) is 0.429. The molecule has 3 heterocycles. The summed E-state index contributed by atoms with van der Waals surface area (Å²) in [6.45, 7) is 3.04. The van der Waals surface area contributed by atoms with Gasteiger partial charge in [0.2, 0.25) is 11.8 Å². The zero-order valence-corrected chi connectivity index (χ0v) is 17.2. The van der Waals surface area contributed by atoms with Gasteiger partial charge in [-0.05, 0) is 30.9 Å². The second kappa shape index (κ2) is 7.93. The van der Waals surface area contributed by atoms with Gasteiger partial charge in [0.25, 0.3) is 5.89 Å². The van der Waals surface area contributed by atoms with Crippen LogP contribution in [-0.2, 0) is 22.6 Å². The first kappa shape index (κ1) is 19.4. The predicted octanol–water partition coefficient (Wildman–Crippen LogP) is 1.29. The maximum atomic E-state index is 12.6. The smallest absolute Gasteiger partial charge is 0.280 e. The standard InChI is InChI=1S/C21H23N7O3/c1-13-23-21(31-25-13)17-12-27(26-24-17)9-8-22-20(30)15-10-19(29)28(11-15)18-7-6-14-4-2-3-5-16(14)18/h2-5,12,15,18H,6-11H2,1H3,(H,22,30). The lowest BCUT2D eigenvalue weighted by Gasteiger charge is -2.25. The quantitative estimate of drug-likeness (QED) is 0.637. The van der Waals surface area contributed by atoms with E-state index >= 15 is 0 Å². The molecule has 0 spiro atoms. The topological polar surface area (TPSA) is 119 Å². The first-order chi connectivity index (χ1) is 15.1. The van der Waals surface area contributed by atoms with Gasteiger partial charge in [-0.1, -0.05) is 34.6 Å². The molecular weight excluding hydrogens is 398 g/mol. The van der Waals surface area contributed by atoms with E-state index in [2.05, 4.69) is 37.9 Å². The Morgan fingerprint density at radius 2 is 2.19 bits per heavy atom. The Hall–Kier alpha value is -3.56. The van der Waals surface area contributed by atoms with E-state index in [9.17, 15) is 9.59 Å². The van der Waals surface area contributed by atoms with E-state index in [1.165, 1.54) is 11.1 Å². The second-order valence-corrected chi connectivity index (χ2v) is 8.01. The van der Waals surface area contributed by atoms with Crippen molar-refractivity contribution < 1.29 is 14.1 Å². The Labute approximate surface area is 178 Å². The van der Waals surface area contributed by atoms with Crippen molar-refractivity contribution in [2.75, 3.05) is 13.1 Å². The lowest BCUT2D eigenvalue weighted by molar-refractivity contribution is -0.130. The van der Waals surface area contributed by atoms with Crippen LogP contribution in [0.2, 0.25) is 0 Å². The number of benzene rings is 1. The Bertz CT molecular complexity index is 1120. The third kappa shape index (κ3) is 3.80. The summed E-state index contributed by atoms with van der Waals surface area (Å²) in [7, 11) is 0. The van der Waals surface area contributed by atoms with E-state index in [4.69, 9.17) is 4.52 Å². The molecule has 1 saturated heterocycles. The molecule has 2 unspecified atom stereocenters. The molecule has 2 amide bonds. The van der Waals surface area contributed by atoms with E-state index in [-0.39, 0.29) is 30.2 Å². The van der Waals surface area contributed by atoms with Crippen LogP contribution in [0, 0.1) is 12.8 Å². The lowest BCUT2D eigenvalue weighted by Crippen LogP contribution is -2.35. The molecule has 1 aromatic carbocycles. The van der Waals surface area contributed by atoms with Gasteiger partial charge >= 0.3 is 0 Å². The highest BCUT2D eigenvalue weighted by Crippen LogP contribution is 2.38. The van der Waals surface area contributed by atoms with Crippen LogP contribution < -0.4 is 5.32 Å². The number of amides is 2. The van der Waals surface area contributed by atoms with Crippen molar-refractivity contribution >= 4 is 11.8 Å². The maximum Gasteiger partial charge on any atom is 0.280 e. The average Bonchev–Trinajstić information content (AvgIpc) is 3.54. The van der Waals surface area contributed by atoms with Gasteiger partial charge in [0.1, 0.15) is 0 Å². The van der Waals surface area contributed by atoms with Crippen LogP contribution in [0.15, 0.2) is 35.0 Å². The van der Waals surface area contributed by atoms with Gasteiger partial charge in [0.05, 0.1) is 24.7 Å². The molecule has 1 N–H and O–H groups in total. The predicted molar refractivity (Wildman–Crippen MR) is 108 cm³/mol. The number of aryl methyl sites for hydroxylation is 2. The normalized spacial score (nSPS) is 20.3. The molecule has 2 atom stereocenters. The summed E-state index contributed by atoms with van der Waals surface area (Å²) in [5.41, 5.74) is 3.01. The maximum absolute atomic E-state index is 12.6. The Balaban J connectivity index is 1.14. The molecular formula is C21H23N7O3. The fourth-order valence-electron chi connectivity index (χ4n) is 4.41. The van der Waals surface area contributed by atoms with E-state index < -0.39 is 0 Å². The Morgan fingerprint density at radius 1 is 1.32 bits per heavy atom. The summed E-state index contributed by atoms with van der Waals surface area (Å²) in [6.07, 6.45) is 3.85. The van der Waals surface area contributed by atoms with Crippen molar-refractivity contribution in [2.45, 2.75) is 38.8 Å². The molecule has 1 aliphatic heterocycles. The van der Waals surface area contributed by atoms with Crippen LogP contribution in [-0.4, -0.2) is 54.9 Å². The SMILES string of the molecule is Cc1noc(-c2cn(CCNC(=O)C3CC(=O)N(C4CCc5ccccc54)C3)nn2)n1. The van der Waals surface area contributed by atoms with E-state index in [0.29, 0.717) is 37.0 Å². The van der Waals surface area contributed by atoms with Crippen molar-refractivity contribution in [3.63, 3.8) is 0 Å². The van der Waals surface area contributed by atoms with E-state index in [1.807, 2.05) is 17.0 Å². The highest BCUT2D eigenvalue weighted by molar-refractivity contribution is 5.89. The summed E-state index contributed by atoms with van der Waals surface area (Å²) >= 11 is 0. The van der Waals surface area contributed by atoms with Crippen LogP contribution in [0.25, 0.3) is 11.6 Å². The number of nitrogens with zero attached hydrogens (tertiary/aromatic N) is 6. The van der Waals surface area contributed by atoms with Crippen molar-refractivity contribution in [1.82, 2.24) is 35.4 Å². The van der Waals surface area contributed by atoms with Crippen LogP contribution in [0.5, 0.6) is 0 Å². The number of hydrogen-bond donors (Lipinski definition) is 1. The fourth-order valence-corrected chi connectivity index (χ4v) is 4.41. The number of hydrogen-bond acceptors (Lipinski definition) is 7. The van der Waals surface area contributed by atoms with Gasteiger partial charge in [-0.15, -0.1) is 5.10 Å². The summed E-state index contributed by atoms with van der Waals surface area (Å²) in [5, 5.41) is 14.7. The highest BCUT2D eigenvalue weighted by Gasteiger charge is 2.40. The molecule has 31 heavy (non-hydrogen) atoms. The van der Waals surface area contributed by atoms with Gasteiger partial charge in [-0.2, -0.15) is 4.98 Å². The first-order valence-corrected chi connectivity index (χ1v) is 10.4. The van der Waals surface area contributed by atoms with Gasteiger partial charge < -0.3 is 14.7 Å². The van der Waals surface area contributed by atoms with Gasteiger partial charge in [-0.25, -0.2) is 4.68 Å². The summed E-state index contributed by atoms with van der Waals surface area (Å²) in [4.78, 5) is 31.3. The molecule has 0 saturated carbocycles. The van der Waals surface area contributed by atoms with Crippen molar-refractivity contribution in [2.24, 2.45) is 5.92 Å². The van der Waals surface area contributed by atoms with Gasteiger partial charge in [0.15, 0.2) is 11.5 Å². The first-order valence-electron chi connectivity index (χ1n) is 10.4. The molecule has 2 aromatic heterocycles. The summed E-state index contributed by atoms with van der Waals surface area (Å²) in [6, 6.07) is 8.34. The van der Waals surface area contributed by atoms with Crippen molar-refractivity contribution in [3.8, 4) is 11.6 Å². The zero-order valence-electron chi connectivity index (χ0n) is 17.2. The highest BCUT2D eigenvalue weighted by atomic mass is 16.5. The number of aromatic nitrogens is 5. The Morgan fingerprint density at radius 3 is 3.03 bits per heavy atom. The van der Waals surface area contributed by atoms with Crippen LogP contribution in [0.3, 0.4) is 0 Å². The van der Waals surface area contributed by atoms with E-state index in [0.717, 1.165) is 12.8 Å². The van der Waals surface area contributed by atoms with Crippen LogP contribution in [0.1, 0.15) is 35.8 Å². The molecule has 2 aliphatic rings. The number of carbonyl (C=O) groups excluding carboxylic acids is 2. The third-order valence-electron chi connectivity index (χ3n) is 5.93. The number of carbonyl (C=O) groups is 2. The van der Waals surface area contributed by atoms with Crippen molar-refractivity contribution in [1.29, 1.82) is 0 Å². The number of rotatable bonds is 6. The molecule has 1 aliphatic carbocycles. The summed E-state index contributed by atoms with van der Waals surface area (Å²) in [5.74, 6) is 0.462. The number of fused-ring (bicyclic) bond motifs is 1. The minimum Gasteiger partial charge on any atom is -0.354 e. The minimum absolute atomic E-state index is 0.0534. The monoisotopic (exact) mass is 421 g/mol. The van der Waals surface area contributed by atoms with Gasteiger partial charge in [0, 0.05) is 19.5 Å². The van der Waals surface area contributed by atoms with Crippen LogP contribution >= 0.6 is 0 Å². The molecule has 5 rings (SSSR count). The molecule has 10 nitrogen and oxygen atoms in total. The third-order valence-corrected chi connectivity index (χ3v) is 5.93. The van der Waals surface area contributed by atoms with E-state index in [1.54, 1.807) is 17.8 Å². The van der Waals surface area contributed by atoms with Crippen molar-refractivity contribution in [3.05, 3.63) is 47.4 Å². The largest absolute Gasteiger partial charge is 0.354 e. The molecule has 0 radical (unpaired) electrons. The number of likely N-dealkylation sites (tertiary alicyclic amines) is 1.